The first-order valence-electron chi connectivity index (χ1n) is 10.3. The Hall–Kier alpha value is -1.56. The Bertz CT molecular complexity index is 1120. The normalized spacial score (nSPS) is 13.6. The number of aliphatic hydroxyl groups excluding tert-OH is 1. The molecule has 0 radical (unpaired) electrons. The van der Waals surface area contributed by atoms with E-state index in [1.807, 2.05) is 17.5 Å². The van der Waals surface area contributed by atoms with Crippen LogP contribution in [0.25, 0.3) is 10.2 Å². The van der Waals surface area contributed by atoms with Gasteiger partial charge in [0.2, 0.25) is 0 Å². The molecule has 3 N–H and O–H groups in total. The maximum Gasteiger partial charge on any atom is 0.409 e. The second-order valence-electron chi connectivity index (χ2n) is 8.64. The molecule has 3 aromatic rings. The Kier molecular flexibility index (Phi) is 8.19. The third-order valence-electron chi connectivity index (χ3n) is 4.71. The number of aromatic nitrogens is 1. The molecule has 7 nitrogen and oxygen atoms in total. The van der Waals surface area contributed by atoms with Crippen molar-refractivity contribution in [3.63, 3.8) is 0 Å². The average Bonchev–Trinajstić information content (AvgIpc) is 3.31. The van der Waals surface area contributed by atoms with Crippen LogP contribution >= 0.6 is 45.9 Å². The summed E-state index contributed by atoms with van der Waals surface area (Å²) in [6.45, 7) is 9.09. The molecule has 0 fully saturated rings. The van der Waals surface area contributed by atoms with Crippen LogP contribution in [0.15, 0.2) is 23.6 Å². The number of amides is 1. The van der Waals surface area contributed by atoms with E-state index in [2.05, 4.69) is 10.3 Å². The summed E-state index contributed by atoms with van der Waals surface area (Å²) in [5.74, 6) is 0. The second kappa shape index (κ2) is 10.4. The first-order chi connectivity index (χ1) is 15.4. The highest BCUT2D eigenvalue weighted by Crippen LogP contribution is 2.44. The molecule has 2 atom stereocenters. The minimum Gasteiger partial charge on any atom is -0.444 e. The first kappa shape index (κ1) is 26.1. The van der Waals surface area contributed by atoms with Crippen molar-refractivity contribution in [1.82, 2.24) is 10.3 Å². The van der Waals surface area contributed by atoms with Gasteiger partial charge in [0, 0.05) is 17.1 Å². The van der Waals surface area contributed by atoms with Crippen LogP contribution in [0.4, 0.5) is 10.5 Å². The summed E-state index contributed by atoms with van der Waals surface area (Å²) in [4.78, 5) is 19.8. The van der Waals surface area contributed by atoms with E-state index in [1.165, 1.54) is 11.3 Å². The van der Waals surface area contributed by atoms with Gasteiger partial charge < -0.3 is 25.0 Å². The number of fused-ring (bicyclic) bond motifs is 1. The maximum atomic E-state index is 12.1. The van der Waals surface area contributed by atoms with Gasteiger partial charge in [0.15, 0.2) is 0 Å². The van der Waals surface area contributed by atoms with Crippen molar-refractivity contribution in [3.8, 4) is 0 Å². The van der Waals surface area contributed by atoms with E-state index in [0.29, 0.717) is 27.3 Å². The summed E-state index contributed by atoms with van der Waals surface area (Å²) in [5.41, 5.74) is 0.429. The van der Waals surface area contributed by atoms with Crippen LogP contribution < -0.4 is 10.1 Å². The van der Waals surface area contributed by atoms with Gasteiger partial charge in [-0.2, -0.15) is 0 Å². The molecule has 0 aliphatic carbocycles. The molecule has 3 aromatic heterocycles. The highest BCUT2D eigenvalue weighted by molar-refractivity contribution is 7.20. The number of carbonyl (C=O) groups is 1. The highest BCUT2D eigenvalue weighted by Gasteiger charge is 2.29. The molecule has 0 aliphatic rings. The van der Waals surface area contributed by atoms with E-state index >= 15 is 0 Å². The zero-order valence-corrected chi connectivity index (χ0v) is 22.1. The molecule has 178 valence electrons. The lowest BCUT2D eigenvalue weighted by atomic mass is 9.84. The third kappa shape index (κ3) is 6.32. The van der Waals surface area contributed by atoms with Gasteiger partial charge in [-0.3, -0.25) is 0 Å². The Balaban J connectivity index is 1.97. The van der Waals surface area contributed by atoms with Crippen molar-refractivity contribution in [2.24, 2.45) is 0 Å². The van der Waals surface area contributed by atoms with Crippen molar-refractivity contribution in [2.45, 2.75) is 58.8 Å². The number of anilines is 1. The quantitative estimate of drug-likeness (QED) is 0.267. The molecule has 0 spiro atoms. The number of aliphatic hydroxyl groups is 1. The zero-order valence-electron chi connectivity index (χ0n) is 18.9. The molecule has 1 unspecified atom stereocenters. The lowest BCUT2D eigenvalue weighted by molar-refractivity contribution is 0.0438. The molecular formula is C21H26BCl2N3O4S2. The van der Waals surface area contributed by atoms with Crippen molar-refractivity contribution in [2.75, 3.05) is 4.81 Å². The third-order valence-corrected chi connectivity index (χ3v) is 7.53. The number of nitrogens with zero attached hydrogens (tertiary/aromatic N) is 2. The van der Waals surface area contributed by atoms with Gasteiger partial charge in [0.25, 0.3) is 0 Å². The summed E-state index contributed by atoms with van der Waals surface area (Å²) in [7, 11) is -0.809. The van der Waals surface area contributed by atoms with Crippen LogP contribution in [0.1, 0.15) is 43.6 Å². The molecular weight excluding hydrogens is 504 g/mol. The minimum absolute atomic E-state index is 0.218. The highest BCUT2D eigenvalue weighted by atomic mass is 35.5. The number of hydrogen-bond donors (Lipinski definition) is 3. The standard InChI is InChI=1S/C21H26BCl2N3O4S2/c1-11(25-20(29)31-21(2,3)4)17(28)19-15(24)16-18(33-19)13(9-14(23)26-16)27(22(5)30)10-12-7-6-8-32-12/h6-9,11,17,28,30H,10H2,1-5H3,(H,25,29)/t11-,17?/m0/s1. The smallest absolute Gasteiger partial charge is 0.409 e. The van der Waals surface area contributed by atoms with E-state index in [9.17, 15) is 14.9 Å². The predicted molar refractivity (Wildman–Crippen MR) is 138 cm³/mol. The van der Waals surface area contributed by atoms with Crippen LogP contribution in [0.3, 0.4) is 0 Å². The number of nitrogens with one attached hydrogen (secondary N) is 1. The summed E-state index contributed by atoms with van der Waals surface area (Å²) in [6.07, 6.45) is -1.74. The summed E-state index contributed by atoms with van der Waals surface area (Å²) < 4.78 is 5.95. The number of thiophene rings is 2. The Morgan fingerprint density at radius 2 is 2.09 bits per heavy atom. The van der Waals surface area contributed by atoms with Crippen LogP contribution in [-0.2, 0) is 11.3 Å². The summed E-state index contributed by atoms with van der Waals surface area (Å²) in [6, 6.07) is 4.93. The number of ether oxygens (including phenoxy) is 1. The SMILES string of the molecule is CB(O)N(Cc1cccs1)c1cc(Cl)nc2c(Cl)c(C(O)[C@H](C)NC(=O)OC(C)(C)C)sc12. The molecule has 0 saturated heterocycles. The number of hydrogen-bond acceptors (Lipinski definition) is 8. The zero-order chi connectivity index (χ0) is 24.5. The molecule has 1 amide bonds. The monoisotopic (exact) mass is 529 g/mol. The van der Waals surface area contributed by atoms with Gasteiger partial charge in [-0.25, -0.2) is 9.78 Å². The largest absolute Gasteiger partial charge is 0.444 e. The lowest BCUT2D eigenvalue weighted by Gasteiger charge is -2.26. The summed E-state index contributed by atoms with van der Waals surface area (Å²) >= 11 is 15.8. The molecule has 12 heteroatoms. The fourth-order valence-electron chi connectivity index (χ4n) is 3.20. The van der Waals surface area contributed by atoms with Gasteiger partial charge in [0.1, 0.15) is 22.4 Å². The predicted octanol–water partition coefficient (Wildman–Crippen LogP) is 5.73. The minimum atomic E-state index is -1.10. The first-order valence-corrected chi connectivity index (χ1v) is 12.8. The molecule has 3 rings (SSSR count). The van der Waals surface area contributed by atoms with Gasteiger partial charge in [-0.15, -0.1) is 22.7 Å². The molecule has 0 saturated carbocycles. The molecule has 0 aliphatic heterocycles. The average molecular weight is 530 g/mol. The topological polar surface area (TPSA) is 94.9 Å². The Labute approximate surface area is 211 Å². The number of halogens is 2. The molecule has 0 aromatic carbocycles. The number of carbonyl (C=O) groups excluding carboxylic acids is 1. The van der Waals surface area contributed by atoms with Crippen LogP contribution in [-0.4, -0.2) is 39.9 Å². The van der Waals surface area contributed by atoms with Crippen molar-refractivity contribution in [3.05, 3.63) is 43.5 Å². The van der Waals surface area contributed by atoms with Crippen LogP contribution in [0, 0.1) is 0 Å². The van der Waals surface area contributed by atoms with Gasteiger partial charge in [0.05, 0.1) is 20.6 Å². The number of alkyl carbamates (subject to hydrolysis) is 1. The molecule has 3 heterocycles. The van der Waals surface area contributed by atoms with Gasteiger partial charge >= 0.3 is 13.1 Å². The lowest BCUT2D eigenvalue weighted by Crippen LogP contribution is -2.40. The number of rotatable bonds is 7. The van der Waals surface area contributed by atoms with Gasteiger partial charge in [-0.1, -0.05) is 29.3 Å². The maximum absolute atomic E-state index is 12.1. The number of pyridine rings is 1. The second-order valence-corrected chi connectivity index (χ2v) is 11.5. The summed E-state index contributed by atoms with van der Waals surface area (Å²) in [5, 5.41) is 26.6. The molecule has 0 bridgehead atoms. The van der Waals surface area contributed by atoms with E-state index in [0.717, 1.165) is 4.88 Å². The Morgan fingerprint density at radius 1 is 1.39 bits per heavy atom. The van der Waals surface area contributed by atoms with Crippen LogP contribution in [0.2, 0.25) is 17.0 Å². The van der Waals surface area contributed by atoms with Crippen molar-refractivity contribution >= 4 is 74.9 Å². The van der Waals surface area contributed by atoms with E-state index < -0.39 is 30.9 Å². The van der Waals surface area contributed by atoms with Crippen molar-refractivity contribution in [1.29, 1.82) is 0 Å². The van der Waals surface area contributed by atoms with Crippen LogP contribution in [0.5, 0.6) is 0 Å². The van der Waals surface area contributed by atoms with E-state index in [-0.39, 0.29) is 10.2 Å². The molecule has 33 heavy (non-hydrogen) atoms. The Morgan fingerprint density at radius 3 is 2.67 bits per heavy atom. The van der Waals surface area contributed by atoms with Gasteiger partial charge in [-0.05, 0) is 52.0 Å². The van der Waals surface area contributed by atoms with E-state index in [4.69, 9.17) is 27.9 Å². The van der Waals surface area contributed by atoms with E-state index in [1.54, 1.807) is 56.7 Å². The fourth-order valence-corrected chi connectivity index (χ4v) is 5.77. The van der Waals surface area contributed by atoms with Crippen molar-refractivity contribution < 1.29 is 19.7 Å². The fraction of sp³-hybridized carbons (Fsp3) is 0.429.